The summed E-state index contributed by atoms with van der Waals surface area (Å²) in [5.41, 5.74) is 0. The minimum absolute atomic E-state index is 0. The molecule has 3 heteroatoms. The molecule has 1 rings (SSSR count). The van der Waals surface area contributed by atoms with Crippen LogP contribution in [-0.4, -0.2) is 5.75 Å². The predicted molar refractivity (Wildman–Crippen MR) is 29.2 cm³/mol. The van der Waals surface area contributed by atoms with Crippen LogP contribution < -0.4 is 0 Å². The van der Waals surface area contributed by atoms with E-state index in [2.05, 4.69) is 11.5 Å². The van der Waals surface area contributed by atoms with E-state index in [1.807, 2.05) is 21.6 Å². The Bertz CT molecular complexity index is 46.8. The SMILES string of the molecule is C1=CSSC1.[Co]. The molecule has 0 unspecified atom stereocenters. The predicted octanol–water partition coefficient (Wildman–Crippen LogP) is 1.89. The molecule has 6 heavy (non-hydrogen) atoms. The van der Waals surface area contributed by atoms with Gasteiger partial charge >= 0.3 is 0 Å². The van der Waals surface area contributed by atoms with Gasteiger partial charge in [0.2, 0.25) is 0 Å². The second-order valence-electron chi connectivity index (χ2n) is 0.753. The molecule has 0 fully saturated rings. The Morgan fingerprint density at radius 1 is 1.50 bits per heavy atom. The average molecular weight is 163 g/mol. The van der Waals surface area contributed by atoms with Crippen LogP contribution in [0.4, 0.5) is 0 Å². The van der Waals surface area contributed by atoms with E-state index in [0.717, 1.165) is 0 Å². The molecule has 0 aromatic rings. The molecule has 0 bridgehead atoms. The third-order valence-corrected chi connectivity index (χ3v) is 2.30. The van der Waals surface area contributed by atoms with E-state index in [1.54, 1.807) is 0 Å². The first-order valence-corrected chi connectivity index (χ1v) is 3.81. The van der Waals surface area contributed by atoms with Crippen LogP contribution in [0.3, 0.4) is 0 Å². The monoisotopic (exact) mass is 163 g/mol. The summed E-state index contributed by atoms with van der Waals surface area (Å²) in [6.07, 6.45) is 2.16. The summed E-state index contributed by atoms with van der Waals surface area (Å²) in [5, 5.41) is 2.12. The van der Waals surface area contributed by atoms with Crippen LogP contribution in [0.25, 0.3) is 0 Å². The van der Waals surface area contributed by atoms with Crippen molar-refractivity contribution in [2.24, 2.45) is 0 Å². The molecule has 0 atom stereocenters. The van der Waals surface area contributed by atoms with Crippen molar-refractivity contribution in [3.8, 4) is 0 Å². The van der Waals surface area contributed by atoms with E-state index < -0.39 is 0 Å². The Balaban J connectivity index is 0.000000250. The number of hydrogen-bond donors (Lipinski definition) is 0. The Hall–Kier alpha value is 0.946. The van der Waals surface area contributed by atoms with Crippen molar-refractivity contribution in [2.45, 2.75) is 0 Å². The zero-order valence-corrected chi connectivity index (χ0v) is 5.69. The molecule has 0 spiro atoms. The Labute approximate surface area is 55.7 Å². The van der Waals surface area contributed by atoms with Gasteiger partial charge in [0.15, 0.2) is 0 Å². The van der Waals surface area contributed by atoms with Crippen molar-refractivity contribution in [3.63, 3.8) is 0 Å². The Kier molecular flexibility index (Phi) is 4.76. The fraction of sp³-hybridized carbons (Fsp3) is 0.333. The van der Waals surface area contributed by atoms with Gasteiger partial charge in [-0.2, -0.15) is 0 Å². The summed E-state index contributed by atoms with van der Waals surface area (Å²) in [6.45, 7) is 0. The fourth-order valence-corrected chi connectivity index (χ4v) is 1.77. The molecule has 0 N–H and O–H groups in total. The molecule has 1 heterocycles. The maximum absolute atomic E-state index is 2.16. The maximum Gasteiger partial charge on any atom is 0.0229 e. The van der Waals surface area contributed by atoms with Crippen molar-refractivity contribution in [1.82, 2.24) is 0 Å². The Morgan fingerprint density at radius 2 is 2.33 bits per heavy atom. The molecule has 0 aromatic heterocycles. The molecule has 1 aliphatic heterocycles. The summed E-state index contributed by atoms with van der Waals surface area (Å²) in [4.78, 5) is 0. The van der Waals surface area contributed by atoms with E-state index in [4.69, 9.17) is 0 Å². The molecule has 0 nitrogen and oxygen atoms in total. The van der Waals surface area contributed by atoms with E-state index in [0.29, 0.717) is 0 Å². The molecule has 0 amide bonds. The van der Waals surface area contributed by atoms with Crippen LogP contribution in [0.1, 0.15) is 0 Å². The van der Waals surface area contributed by atoms with Crippen molar-refractivity contribution >= 4 is 21.6 Å². The topological polar surface area (TPSA) is 0 Å². The van der Waals surface area contributed by atoms with Crippen LogP contribution in [0.5, 0.6) is 0 Å². The smallest absolute Gasteiger partial charge is 0.0229 e. The van der Waals surface area contributed by atoms with Crippen molar-refractivity contribution in [2.75, 3.05) is 5.75 Å². The largest absolute Gasteiger partial charge is 0.0854 e. The molecule has 1 radical (unpaired) electrons. The van der Waals surface area contributed by atoms with Crippen molar-refractivity contribution < 1.29 is 16.8 Å². The van der Waals surface area contributed by atoms with Crippen LogP contribution in [0, 0.1) is 0 Å². The molecular formula is C3H4CoS2. The minimum Gasteiger partial charge on any atom is -0.0854 e. The van der Waals surface area contributed by atoms with E-state index in [1.165, 1.54) is 5.75 Å². The average Bonchev–Trinajstić information content (AvgIpc) is 1.76. The minimum atomic E-state index is 0. The van der Waals surface area contributed by atoms with Crippen LogP contribution in [0.15, 0.2) is 11.5 Å². The molecular weight excluding hydrogens is 159 g/mol. The fourth-order valence-electron chi connectivity index (χ4n) is 0.196. The Morgan fingerprint density at radius 3 is 2.50 bits per heavy atom. The number of hydrogen-bond acceptors (Lipinski definition) is 2. The first kappa shape index (κ1) is 6.95. The summed E-state index contributed by atoms with van der Waals surface area (Å²) in [5.74, 6) is 1.20. The summed E-state index contributed by atoms with van der Waals surface area (Å²) >= 11 is 0. The van der Waals surface area contributed by atoms with Gasteiger partial charge in [-0.1, -0.05) is 27.7 Å². The first-order chi connectivity index (χ1) is 2.50. The summed E-state index contributed by atoms with van der Waals surface area (Å²) in [7, 11) is 3.69. The van der Waals surface area contributed by atoms with E-state index >= 15 is 0 Å². The number of rotatable bonds is 0. The van der Waals surface area contributed by atoms with Gasteiger partial charge in [-0.25, -0.2) is 0 Å². The summed E-state index contributed by atoms with van der Waals surface area (Å²) in [6, 6.07) is 0. The van der Waals surface area contributed by atoms with Gasteiger partial charge in [0.1, 0.15) is 0 Å². The van der Waals surface area contributed by atoms with E-state index in [9.17, 15) is 0 Å². The zero-order valence-electron chi connectivity index (χ0n) is 3.01. The third kappa shape index (κ3) is 2.18. The molecule has 0 saturated heterocycles. The van der Waals surface area contributed by atoms with Gasteiger partial charge in [-0.3, -0.25) is 0 Å². The van der Waals surface area contributed by atoms with Crippen molar-refractivity contribution in [3.05, 3.63) is 11.5 Å². The van der Waals surface area contributed by atoms with Crippen LogP contribution in [-0.2, 0) is 16.8 Å². The zero-order chi connectivity index (χ0) is 3.54. The summed E-state index contributed by atoms with van der Waals surface area (Å²) < 4.78 is 0. The van der Waals surface area contributed by atoms with Gasteiger partial charge in [-0.05, 0) is 5.41 Å². The molecule has 0 aliphatic carbocycles. The molecule has 37 valence electrons. The van der Waals surface area contributed by atoms with Gasteiger partial charge in [0.05, 0.1) is 0 Å². The normalized spacial score (nSPS) is 17.3. The third-order valence-electron chi connectivity index (χ3n) is 0.384. The molecule has 0 saturated carbocycles. The standard InChI is InChI=1S/C3H4S2.Co/c1-2-4-5-3-1;/h1-2H,3H2;. The first-order valence-electron chi connectivity index (χ1n) is 1.43. The van der Waals surface area contributed by atoms with E-state index in [-0.39, 0.29) is 16.8 Å². The molecule has 1 aliphatic rings. The van der Waals surface area contributed by atoms with Gasteiger partial charge in [-0.15, -0.1) is 0 Å². The van der Waals surface area contributed by atoms with Crippen molar-refractivity contribution in [1.29, 1.82) is 0 Å². The quantitative estimate of drug-likeness (QED) is 0.500. The molecule has 0 aromatic carbocycles. The van der Waals surface area contributed by atoms with Gasteiger partial charge in [0.25, 0.3) is 0 Å². The van der Waals surface area contributed by atoms with Gasteiger partial charge < -0.3 is 0 Å². The second-order valence-corrected chi connectivity index (χ2v) is 3.07. The van der Waals surface area contributed by atoms with Gasteiger partial charge in [0, 0.05) is 22.5 Å². The van der Waals surface area contributed by atoms with Crippen LogP contribution in [0.2, 0.25) is 0 Å². The van der Waals surface area contributed by atoms with Crippen LogP contribution >= 0.6 is 21.6 Å². The second kappa shape index (κ2) is 4.11. The maximum atomic E-state index is 2.16.